The molecule has 0 fully saturated rings. The molecule has 80 valence electrons. The summed E-state index contributed by atoms with van der Waals surface area (Å²) >= 11 is 0. The van der Waals surface area contributed by atoms with Gasteiger partial charge in [-0.3, -0.25) is 0 Å². The molecule has 0 saturated carbocycles. The fraction of sp³-hybridized carbons (Fsp3) is 1.00. The lowest BCUT2D eigenvalue weighted by molar-refractivity contribution is 0.0594. The Morgan fingerprint density at radius 1 is 1.23 bits per heavy atom. The van der Waals surface area contributed by atoms with Gasteiger partial charge in [0, 0.05) is 20.8 Å². The average molecular weight is 191 g/mol. The topological polar surface area (TPSA) is 50.7 Å². The van der Waals surface area contributed by atoms with Crippen molar-refractivity contribution in [1.82, 2.24) is 5.32 Å². The van der Waals surface area contributed by atoms with E-state index in [1.54, 1.807) is 14.2 Å². The minimum absolute atomic E-state index is 0.347. The van der Waals surface area contributed by atoms with Gasteiger partial charge in [-0.25, -0.2) is 0 Å². The van der Waals surface area contributed by atoms with Gasteiger partial charge >= 0.3 is 0 Å². The predicted octanol–water partition coefficient (Wildman–Crippen LogP) is 0.00990. The van der Waals surface area contributed by atoms with Crippen molar-refractivity contribution in [2.24, 2.45) is 0 Å². The first-order valence-corrected chi connectivity index (χ1v) is 4.68. The number of aliphatic hydroxyl groups is 1. The molecule has 4 heteroatoms. The minimum Gasteiger partial charge on any atom is -0.391 e. The molecule has 13 heavy (non-hydrogen) atoms. The molecule has 4 nitrogen and oxygen atoms in total. The maximum absolute atomic E-state index is 9.26. The van der Waals surface area contributed by atoms with E-state index in [-0.39, 0.29) is 6.10 Å². The zero-order valence-corrected chi connectivity index (χ0v) is 8.58. The number of hydrogen-bond acceptors (Lipinski definition) is 4. The van der Waals surface area contributed by atoms with Crippen LogP contribution in [0.15, 0.2) is 0 Å². The monoisotopic (exact) mass is 191 g/mol. The Morgan fingerprint density at radius 2 is 2.00 bits per heavy atom. The molecule has 1 unspecified atom stereocenters. The van der Waals surface area contributed by atoms with Crippen molar-refractivity contribution < 1.29 is 14.6 Å². The van der Waals surface area contributed by atoms with Gasteiger partial charge in [0.05, 0.1) is 12.7 Å². The van der Waals surface area contributed by atoms with E-state index in [1.807, 2.05) is 0 Å². The van der Waals surface area contributed by atoms with Gasteiger partial charge in [-0.2, -0.15) is 0 Å². The standard InChI is InChI=1S/C9H21NO3/c1-12-7-3-5-10-6-4-9(11)8-13-2/h9-11H,3-8H2,1-2H3. The molecular weight excluding hydrogens is 170 g/mol. The van der Waals surface area contributed by atoms with Gasteiger partial charge in [-0.05, 0) is 25.9 Å². The summed E-state index contributed by atoms with van der Waals surface area (Å²) in [7, 11) is 3.29. The average Bonchev–Trinajstić information content (AvgIpc) is 2.11. The molecule has 0 rings (SSSR count). The number of ether oxygens (including phenoxy) is 2. The van der Waals surface area contributed by atoms with Crippen LogP contribution in [0.3, 0.4) is 0 Å². The third-order valence-corrected chi connectivity index (χ3v) is 1.72. The number of aliphatic hydroxyl groups excluding tert-OH is 1. The van der Waals surface area contributed by atoms with Crippen LogP contribution in [0, 0.1) is 0 Å². The van der Waals surface area contributed by atoms with Gasteiger partial charge in [0.2, 0.25) is 0 Å². The van der Waals surface area contributed by atoms with Crippen LogP contribution < -0.4 is 5.32 Å². The number of hydrogen-bond donors (Lipinski definition) is 2. The van der Waals surface area contributed by atoms with Crippen LogP contribution in [-0.2, 0) is 9.47 Å². The zero-order chi connectivity index (χ0) is 9.94. The van der Waals surface area contributed by atoms with Gasteiger partial charge in [-0.15, -0.1) is 0 Å². The van der Waals surface area contributed by atoms with Crippen molar-refractivity contribution in [1.29, 1.82) is 0 Å². The first kappa shape index (κ1) is 12.8. The maximum atomic E-state index is 9.26. The first-order valence-electron chi connectivity index (χ1n) is 4.68. The Morgan fingerprint density at radius 3 is 2.62 bits per heavy atom. The summed E-state index contributed by atoms with van der Waals surface area (Å²) < 4.78 is 9.70. The second-order valence-corrected chi connectivity index (χ2v) is 2.99. The van der Waals surface area contributed by atoms with Crippen LogP contribution in [0.2, 0.25) is 0 Å². The molecule has 0 spiro atoms. The first-order chi connectivity index (χ1) is 6.31. The summed E-state index contributed by atoms with van der Waals surface area (Å²) in [6.45, 7) is 2.97. The number of nitrogens with one attached hydrogen (secondary N) is 1. The Hall–Kier alpha value is -0.160. The van der Waals surface area contributed by atoms with Crippen molar-refractivity contribution in [3.63, 3.8) is 0 Å². The highest BCUT2D eigenvalue weighted by molar-refractivity contribution is 4.56. The van der Waals surface area contributed by atoms with Crippen molar-refractivity contribution in [2.45, 2.75) is 18.9 Å². The van der Waals surface area contributed by atoms with Crippen LogP contribution in [0.25, 0.3) is 0 Å². The lowest BCUT2D eigenvalue weighted by Crippen LogP contribution is -2.24. The molecule has 0 radical (unpaired) electrons. The van der Waals surface area contributed by atoms with E-state index in [0.29, 0.717) is 6.61 Å². The Balaban J connectivity index is 2.97. The molecule has 0 aromatic rings. The molecular formula is C9H21NO3. The van der Waals surface area contributed by atoms with Crippen molar-refractivity contribution in [2.75, 3.05) is 40.5 Å². The van der Waals surface area contributed by atoms with Gasteiger partial charge in [-0.1, -0.05) is 0 Å². The van der Waals surface area contributed by atoms with E-state index in [4.69, 9.17) is 9.47 Å². The third-order valence-electron chi connectivity index (χ3n) is 1.72. The fourth-order valence-corrected chi connectivity index (χ4v) is 1.01. The summed E-state index contributed by atoms with van der Waals surface area (Å²) in [6.07, 6.45) is 1.40. The van der Waals surface area contributed by atoms with E-state index in [1.165, 1.54) is 0 Å². The van der Waals surface area contributed by atoms with Gasteiger partial charge in [0.25, 0.3) is 0 Å². The molecule has 0 aliphatic rings. The highest BCUT2D eigenvalue weighted by Crippen LogP contribution is 1.89. The van der Waals surface area contributed by atoms with Gasteiger partial charge in [0.15, 0.2) is 0 Å². The second kappa shape index (κ2) is 9.92. The molecule has 0 aromatic heterocycles. The lowest BCUT2D eigenvalue weighted by Gasteiger charge is -2.09. The normalized spacial score (nSPS) is 13.2. The maximum Gasteiger partial charge on any atom is 0.0785 e. The third kappa shape index (κ3) is 9.76. The minimum atomic E-state index is -0.347. The van der Waals surface area contributed by atoms with Gasteiger partial charge in [0.1, 0.15) is 0 Å². The molecule has 2 N–H and O–H groups in total. The van der Waals surface area contributed by atoms with E-state index in [9.17, 15) is 5.11 Å². The van der Waals surface area contributed by atoms with Crippen molar-refractivity contribution in [3.8, 4) is 0 Å². The van der Waals surface area contributed by atoms with Crippen molar-refractivity contribution in [3.05, 3.63) is 0 Å². The SMILES string of the molecule is COCCCNCCC(O)COC. The molecule has 0 aromatic carbocycles. The van der Waals surface area contributed by atoms with E-state index in [2.05, 4.69) is 5.32 Å². The molecule has 0 aliphatic carbocycles. The molecule has 0 saturated heterocycles. The predicted molar refractivity (Wildman–Crippen MR) is 51.9 cm³/mol. The summed E-state index contributed by atoms with van der Waals surface area (Å²) in [4.78, 5) is 0. The van der Waals surface area contributed by atoms with Crippen LogP contribution in [0.1, 0.15) is 12.8 Å². The Kier molecular flexibility index (Phi) is 9.80. The fourth-order valence-electron chi connectivity index (χ4n) is 1.01. The highest BCUT2D eigenvalue weighted by Gasteiger charge is 2.01. The second-order valence-electron chi connectivity index (χ2n) is 2.99. The Labute approximate surface area is 80.2 Å². The summed E-state index contributed by atoms with van der Waals surface area (Å²) in [6, 6.07) is 0. The quantitative estimate of drug-likeness (QED) is 0.504. The van der Waals surface area contributed by atoms with Crippen molar-refractivity contribution >= 4 is 0 Å². The Bertz CT molecular complexity index is 101. The smallest absolute Gasteiger partial charge is 0.0785 e. The van der Waals surface area contributed by atoms with E-state index >= 15 is 0 Å². The molecule has 0 bridgehead atoms. The van der Waals surface area contributed by atoms with E-state index in [0.717, 1.165) is 32.5 Å². The summed E-state index contributed by atoms with van der Waals surface area (Å²) in [5, 5.41) is 12.5. The molecule has 1 atom stereocenters. The number of rotatable bonds is 9. The largest absolute Gasteiger partial charge is 0.391 e. The van der Waals surface area contributed by atoms with E-state index < -0.39 is 0 Å². The summed E-state index contributed by atoms with van der Waals surface area (Å²) in [5.41, 5.74) is 0. The molecule has 0 heterocycles. The molecule has 0 amide bonds. The van der Waals surface area contributed by atoms with Gasteiger partial charge < -0.3 is 19.9 Å². The van der Waals surface area contributed by atoms with Crippen LogP contribution >= 0.6 is 0 Å². The highest BCUT2D eigenvalue weighted by atomic mass is 16.5. The zero-order valence-electron chi connectivity index (χ0n) is 8.58. The summed E-state index contributed by atoms with van der Waals surface area (Å²) in [5.74, 6) is 0. The molecule has 0 aliphatic heterocycles. The van der Waals surface area contributed by atoms with Crippen LogP contribution in [0.5, 0.6) is 0 Å². The number of methoxy groups -OCH3 is 2. The van der Waals surface area contributed by atoms with Crippen LogP contribution in [-0.4, -0.2) is 51.7 Å². The lowest BCUT2D eigenvalue weighted by atomic mass is 10.2. The van der Waals surface area contributed by atoms with Crippen LogP contribution in [0.4, 0.5) is 0 Å².